The van der Waals surface area contributed by atoms with E-state index in [-0.39, 0.29) is 0 Å². The molecule has 110 valence electrons. The zero-order valence-corrected chi connectivity index (χ0v) is 13.4. The van der Waals surface area contributed by atoms with E-state index in [1.54, 1.807) is 7.11 Å². The molecular weight excluding hydrogens is 246 g/mol. The molecule has 0 N–H and O–H groups in total. The molecule has 0 aliphatic heterocycles. The van der Waals surface area contributed by atoms with Crippen LogP contribution in [0.4, 0.5) is 5.69 Å². The van der Waals surface area contributed by atoms with Crippen LogP contribution in [0, 0.1) is 0 Å². The van der Waals surface area contributed by atoms with Gasteiger partial charge in [-0.1, -0.05) is 23.3 Å². The normalized spacial score (nSPS) is 11.2. The fraction of sp³-hybridized carbons (Fsp3) is 0.444. The Labute approximate surface area is 123 Å². The summed E-state index contributed by atoms with van der Waals surface area (Å²) in [6.07, 6.45) is 6.88. The summed E-state index contributed by atoms with van der Waals surface area (Å²) in [5.74, 6) is 0.899. The van der Waals surface area contributed by atoms with Crippen molar-refractivity contribution in [1.29, 1.82) is 0 Å². The number of likely N-dealkylation sites (N-methyl/N-ethyl adjacent to an activating group) is 1. The first-order chi connectivity index (χ1) is 9.52. The predicted octanol–water partition coefficient (Wildman–Crippen LogP) is 4.82. The van der Waals surface area contributed by atoms with Crippen molar-refractivity contribution >= 4 is 5.69 Å². The summed E-state index contributed by atoms with van der Waals surface area (Å²) >= 11 is 0. The van der Waals surface area contributed by atoms with Gasteiger partial charge in [0.1, 0.15) is 5.75 Å². The molecular formula is C18H27NO. The second kappa shape index (κ2) is 8.47. The minimum absolute atomic E-state index is 0.899. The summed E-state index contributed by atoms with van der Waals surface area (Å²) in [5, 5.41) is 0. The maximum Gasteiger partial charge on any atom is 0.119 e. The summed E-state index contributed by atoms with van der Waals surface area (Å²) in [5.41, 5.74) is 4.05. The summed E-state index contributed by atoms with van der Waals surface area (Å²) in [6.45, 7) is 7.45. The molecule has 0 aliphatic carbocycles. The Hall–Kier alpha value is -1.70. The third kappa shape index (κ3) is 5.96. The molecule has 0 aromatic heterocycles. The van der Waals surface area contributed by atoms with E-state index in [9.17, 15) is 0 Å². The Morgan fingerprint density at radius 2 is 1.75 bits per heavy atom. The summed E-state index contributed by atoms with van der Waals surface area (Å²) in [7, 11) is 3.80. The van der Waals surface area contributed by atoms with Gasteiger partial charge >= 0.3 is 0 Å². The first-order valence-electron chi connectivity index (χ1n) is 7.17. The molecule has 0 saturated carbocycles. The van der Waals surface area contributed by atoms with Gasteiger partial charge in [-0.2, -0.15) is 0 Å². The molecule has 1 aromatic carbocycles. The maximum atomic E-state index is 5.17. The van der Waals surface area contributed by atoms with Crippen LogP contribution >= 0.6 is 0 Å². The number of nitrogens with zero attached hydrogens (tertiary/aromatic N) is 1. The highest BCUT2D eigenvalue weighted by molar-refractivity contribution is 5.48. The fourth-order valence-corrected chi connectivity index (χ4v) is 1.93. The summed E-state index contributed by atoms with van der Waals surface area (Å²) < 4.78 is 5.17. The predicted molar refractivity (Wildman–Crippen MR) is 88.7 cm³/mol. The SMILES string of the molecule is COc1ccc(N(C)C/C=C(\C)CCC=C(C)C)cc1. The number of allylic oxidation sites excluding steroid dienone is 3. The molecule has 2 heteroatoms. The summed E-state index contributed by atoms with van der Waals surface area (Å²) in [4.78, 5) is 2.24. The van der Waals surface area contributed by atoms with Crippen molar-refractivity contribution in [1.82, 2.24) is 0 Å². The van der Waals surface area contributed by atoms with Crippen molar-refractivity contribution in [3.63, 3.8) is 0 Å². The van der Waals surface area contributed by atoms with Crippen LogP contribution in [-0.2, 0) is 0 Å². The highest BCUT2D eigenvalue weighted by Gasteiger charge is 1.99. The van der Waals surface area contributed by atoms with Crippen LogP contribution in [0.2, 0.25) is 0 Å². The van der Waals surface area contributed by atoms with E-state index >= 15 is 0 Å². The van der Waals surface area contributed by atoms with Gasteiger partial charge in [0.15, 0.2) is 0 Å². The molecule has 0 spiro atoms. The number of benzene rings is 1. The van der Waals surface area contributed by atoms with Crippen LogP contribution in [0.3, 0.4) is 0 Å². The number of ether oxygens (including phenoxy) is 1. The van der Waals surface area contributed by atoms with Crippen molar-refractivity contribution in [3.8, 4) is 5.75 Å². The van der Waals surface area contributed by atoms with Gasteiger partial charge in [0.05, 0.1) is 7.11 Å². The lowest BCUT2D eigenvalue weighted by Crippen LogP contribution is -2.16. The van der Waals surface area contributed by atoms with Crippen LogP contribution in [0.5, 0.6) is 5.75 Å². The molecule has 0 bridgehead atoms. The summed E-state index contributed by atoms with van der Waals surface area (Å²) in [6, 6.07) is 8.17. The Morgan fingerprint density at radius 1 is 1.10 bits per heavy atom. The first-order valence-corrected chi connectivity index (χ1v) is 7.17. The van der Waals surface area contributed by atoms with E-state index in [1.165, 1.54) is 16.8 Å². The van der Waals surface area contributed by atoms with Crippen molar-refractivity contribution in [2.45, 2.75) is 33.6 Å². The maximum absolute atomic E-state index is 5.17. The molecule has 0 unspecified atom stereocenters. The van der Waals surface area contributed by atoms with Gasteiger partial charge in [-0.05, 0) is 57.9 Å². The topological polar surface area (TPSA) is 12.5 Å². The van der Waals surface area contributed by atoms with Gasteiger partial charge in [0.2, 0.25) is 0 Å². The highest BCUT2D eigenvalue weighted by Crippen LogP contribution is 2.18. The molecule has 0 aliphatic rings. The van der Waals surface area contributed by atoms with Gasteiger partial charge in [-0.3, -0.25) is 0 Å². The van der Waals surface area contributed by atoms with Gasteiger partial charge in [0.25, 0.3) is 0 Å². The minimum Gasteiger partial charge on any atom is -0.497 e. The molecule has 0 radical (unpaired) electrons. The second-order valence-electron chi connectivity index (χ2n) is 5.45. The molecule has 1 aromatic rings. The van der Waals surface area contributed by atoms with E-state index in [0.717, 1.165) is 25.1 Å². The molecule has 0 amide bonds. The Balaban J connectivity index is 2.48. The van der Waals surface area contributed by atoms with Crippen LogP contribution in [0.25, 0.3) is 0 Å². The number of anilines is 1. The monoisotopic (exact) mass is 273 g/mol. The molecule has 0 saturated heterocycles. The third-order valence-corrected chi connectivity index (χ3v) is 3.32. The lowest BCUT2D eigenvalue weighted by molar-refractivity contribution is 0.415. The average molecular weight is 273 g/mol. The third-order valence-electron chi connectivity index (χ3n) is 3.32. The van der Waals surface area contributed by atoms with Gasteiger partial charge in [-0.15, -0.1) is 0 Å². The van der Waals surface area contributed by atoms with Crippen LogP contribution in [-0.4, -0.2) is 20.7 Å². The van der Waals surface area contributed by atoms with Crippen LogP contribution in [0.1, 0.15) is 33.6 Å². The Bertz CT molecular complexity index is 453. The van der Waals surface area contributed by atoms with Crippen molar-refractivity contribution < 1.29 is 4.74 Å². The zero-order valence-electron chi connectivity index (χ0n) is 13.4. The van der Waals surface area contributed by atoms with Gasteiger partial charge < -0.3 is 9.64 Å². The fourth-order valence-electron chi connectivity index (χ4n) is 1.93. The van der Waals surface area contributed by atoms with E-state index in [2.05, 4.69) is 57.0 Å². The number of rotatable bonds is 7. The lowest BCUT2D eigenvalue weighted by atomic mass is 10.1. The van der Waals surface area contributed by atoms with Crippen molar-refractivity contribution in [3.05, 3.63) is 47.6 Å². The smallest absolute Gasteiger partial charge is 0.119 e. The van der Waals surface area contributed by atoms with E-state index in [4.69, 9.17) is 4.74 Å². The lowest BCUT2D eigenvalue weighted by Gasteiger charge is -2.18. The number of hydrogen-bond acceptors (Lipinski definition) is 2. The van der Waals surface area contributed by atoms with Gasteiger partial charge in [-0.25, -0.2) is 0 Å². The van der Waals surface area contributed by atoms with E-state index in [0.29, 0.717) is 0 Å². The van der Waals surface area contributed by atoms with Crippen molar-refractivity contribution in [2.75, 3.05) is 25.6 Å². The molecule has 2 nitrogen and oxygen atoms in total. The molecule has 0 fully saturated rings. The zero-order chi connectivity index (χ0) is 15.0. The molecule has 1 rings (SSSR count). The molecule has 20 heavy (non-hydrogen) atoms. The van der Waals surface area contributed by atoms with Gasteiger partial charge in [0, 0.05) is 19.3 Å². The van der Waals surface area contributed by atoms with E-state index in [1.807, 2.05) is 12.1 Å². The largest absolute Gasteiger partial charge is 0.497 e. The second-order valence-corrected chi connectivity index (χ2v) is 5.45. The Morgan fingerprint density at radius 3 is 2.30 bits per heavy atom. The van der Waals surface area contributed by atoms with Crippen LogP contribution in [0.15, 0.2) is 47.6 Å². The molecule has 0 atom stereocenters. The average Bonchev–Trinajstić information content (AvgIpc) is 2.44. The van der Waals surface area contributed by atoms with E-state index < -0.39 is 0 Å². The standard InChI is InChI=1S/C18H27NO/c1-15(2)7-6-8-16(3)13-14-19(4)17-9-11-18(20-5)12-10-17/h7,9-13H,6,8,14H2,1-5H3/b16-13+. The highest BCUT2D eigenvalue weighted by atomic mass is 16.5. The quantitative estimate of drug-likeness (QED) is 0.660. The van der Waals surface area contributed by atoms with Crippen LogP contribution < -0.4 is 9.64 Å². The number of hydrogen-bond donors (Lipinski definition) is 0. The first kappa shape index (κ1) is 16.4. The number of methoxy groups -OCH3 is 1. The Kier molecular flexibility index (Phi) is 6.92. The van der Waals surface area contributed by atoms with Crippen molar-refractivity contribution in [2.24, 2.45) is 0 Å². The minimum atomic E-state index is 0.899. The molecule has 0 heterocycles.